The molecule has 1 heteroatoms. The summed E-state index contributed by atoms with van der Waals surface area (Å²) in [6.45, 7) is 6.88. The van der Waals surface area contributed by atoms with E-state index in [1.54, 1.807) is 0 Å². The highest BCUT2D eigenvalue weighted by Gasteiger charge is 1.99. The minimum atomic E-state index is 0.399. The molecule has 0 rings (SSSR count). The third-order valence-electron chi connectivity index (χ3n) is 0.671. The molecule has 0 fully saturated rings. The van der Waals surface area contributed by atoms with Crippen molar-refractivity contribution in [3.8, 4) is 0 Å². The summed E-state index contributed by atoms with van der Waals surface area (Å²) in [5, 5.41) is 0. The molecule has 37 valence electrons. The van der Waals surface area contributed by atoms with Gasteiger partial charge in [0.15, 0.2) is 0 Å². The van der Waals surface area contributed by atoms with Gasteiger partial charge in [-0.1, -0.05) is 6.92 Å². The second-order valence-corrected chi connectivity index (χ2v) is 4.41. The van der Waals surface area contributed by atoms with Gasteiger partial charge in [-0.25, -0.2) is 0 Å². The predicted octanol–water partition coefficient (Wildman–Crippen LogP) is 2.14. The third kappa shape index (κ3) is 4.43. The van der Waals surface area contributed by atoms with E-state index in [0.717, 1.165) is 0 Å². The fourth-order valence-corrected chi connectivity index (χ4v) is 1.34. The van der Waals surface area contributed by atoms with Crippen molar-refractivity contribution in [1.29, 1.82) is 0 Å². The van der Waals surface area contributed by atoms with E-state index < -0.39 is 0 Å². The topological polar surface area (TPSA) is 0 Å². The van der Waals surface area contributed by atoms with Crippen LogP contribution in [-0.2, 0) is 0 Å². The highest BCUT2D eigenvalue weighted by Crippen LogP contribution is 2.23. The van der Waals surface area contributed by atoms with Crippen molar-refractivity contribution in [2.75, 3.05) is 19.5 Å². The summed E-state index contributed by atoms with van der Waals surface area (Å²) < 4.78 is 0. The first-order valence-corrected chi connectivity index (χ1v) is 4.84. The number of hydrogen-bond acceptors (Lipinski definition) is 0. The van der Waals surface area contributed by atoms with Crippen molar-refractivity contribution in [2.24, 2.45) is 0 Å². The maximum Gasteiger partial charge on any atom is 0.128 e. The average Bonchev–Trinajstić information content (AvgIpc) is 1.35. The Morgan fingerprint density at radius 2 is 1.83 bits per heavy atom. The summed E-state index contributed by atoms with van der Waals surface area (Å²) in [5.41, 5.74) is 0. The van der Waals surface area contributed by atoms with E-state index in [-0.39, 0.29) is 0 Å². The van der Waals surface area contributed by atoms with Crippen molar-refractivity contribution >= 4 is 7.92 Å². The first kappa shape index (κ1) is 6.43. The second-order valence-electron chi connectivity index (χ2n) is 1.80. The SMILES string of the molecule is CCC[P+](C)C. The maximum absolute atomic E-state index is 2.32. The molecule has 0 amide bonds. The average molecular weight is 104 g/mol. The molecule has 0 unspecified atom stereocenters. The van der Waals surface area contributed by atoms with Crippen molar-refractivity contribution in [1.82, 2.24) is 0 Å². The first-order chi connectivity index (χ1) is 2.77. The molecule has 0 nitrogen and oxygen atoms in total. The van der Waals surface area contributed by atoms with Crippen molar-refractivity contribution in [3.05, 3.63) is 0 Å². The quantitative estimate of drug-likeness (QED) is 0.471. The Kier molecular flexibility index (Phi) is 3.87. The summed E-state index contributed by atoms with van der Waals surface area (Å²) in [6, 6.07) is 0. The molecule has 0 bridgehead atoms. The Balaban J connectivity index is 2.63. The van der Waals surface area contributed by atoms with Gasteiger partial charge in [-0.3, -0.25) is 0 Å². The molecule has 0 aliphatic carbocycles. The number of hydrogen-bond donors (Lipinski definition) is 0. The Morgan fingerprint density at radius 1 is 1.33 bits per heavy atom. The monoisotopic (exact) mass is 104 g/mol. The third-order valence-corrected chi connectivity index (χ3v) is 2.01. The van der Waals surface area contributed by atoms with E-state index in [0.29, 0.717) is 7.92 Å². The van der Waals surface area contributed by atoms with E-state index in [1.807, 2.05) is 0 Å². The van der Waals surface area contributed by atoms with E-state index in [1.165, 1.54) is 12.6 Å². The van der Waals surface area contributed by atoms with Crippen LogP contribution < -0.4 is 0 Å². The molecule has 0 aromatic rings. The normalized spacial score (nSPS) is 10.0. The minimum Gasteiger partial charge on any atom is -0.0618 e. The van der Waals surface area contributed by atoms with Crippen LogP contribution in [0.4, 0.5) is 0 Å². The fourth-order valence-electron chi connectivity index (χ4n) is 0.447. The van der Waals surface area contributed by atoms with Crippen molar-refractivity contribution < 1.29 is 0 Å². The van der Waals surface area contributed by atoms with E-state index in [2.05, 4.69) is 20.3 Å². The van der Waals surface area contributed by atoms with Crippen LogP contribution >= 0.6 is 7.92 Å². The Morgan fingerprint density at radius 3 is 1.83 bits per heavy atom. The smallest absolute Gasteiger partial charge is 0.0618 e. The van der Waals surface area contributed by atoms with Gasteiger partial charge in [-0.05, 0) is 6.42 Å². The summed E-state index contributed by atoms with van der Waals surface area (Å²) in [5.74, 6) is 0. The largest absolute Gasteiger partial charge is 0.128 e. The van der Waals surface area contributed by atoms with Crippen LogP contribution in [0.1, 0.15) is 13.3 Å². The fraction of sp³-hybridized carbons (Fsp3) is 1.00. The van der Waals surface area contributed by atoms with Gasteiger partial charge in [-0.2, -0.15) is 0 Å². The highest BCUT2D eigenvalue weighted by molar-refractivity contribution is 7.55. The Bertz CT molecular complexity index is 25.1. The van der Waals surface area contributed by atoms with Crippen LogP contribution in [0.3, 0.4) is 0 Å². The summed E-state index contributed by atoms with van der Waals surface area (Å²) >= 11 is 0. The van der Waals surface area contributed by atoms with Crippen LogP contribution in [-0.4, -0.2) is 19.5 Å². The van der Waals surface area contributed by atoms with Gasteiger partial charge in [0.2, 0.25) is 0 Å². The van der Waals surface area contributed by atoms with Gasteiger partial charge in [0.05, 0.1) is 19.5 Å². The van der Waals surface area contributed by atoms with E-state index in [9.17, 15) is 0 Å². The molecule has 0 aliphatic heterocycles. The molecule has 0 N–H and O–H groups in total. The molecule has 1 radical (unpaired) electrons. The summed E-state index contributed by atoms with van der Waals surface area (Å²) in [4.78, 5) is 0. The van der Waals surface area contributed by atoms with Gasteiger partial charge in [-0.15, -0.1) is 0 Å². The lowest BCUT2D eigenvalue weighted by Gasteiger charge is -1.82. The molecule has 0 heterocycles. The van der Waals surface area contributed by atoms with Crippen LogP contribution in [0.25, 0.3) is 0 Å². The second kappa shape index (κ2) is 3.61. The van der Waals surface area contributed by atoms with Gasteiger partial charge < -0.3 is 0 Å². The molecule has 0 aliphatic rings. The minimum absolute atomic E-state index is 0.399. The van der Waals surface area contributed by atoms with Gasteiger partial charge >= 0.3 is 0 Å². The lowest BCUT2D eigenvalue weighted by molar-refractivity contribution is 1.10. The molecule has 0 atom stereocenters. The van der Waals surface area contributed by atoms with E-state index >= 15 is 0 Å². The molecular weight excluding hydrogens is 91.0 g/mol. The van der Waals surface area contributed by atoms with Crippen LogP contribution in [0, 0.1) is 0 Å². The molecule has 0 saturated heterocycles. The Hall–Kier alpha value is 0.430. The Labute approximate surface area is 41.7 Å². The first-order valence-electron chi connectivity index (χ1n) is 2.42. The standard InChI is InChI=1S/C5H13P/c1-4-5-6(2)3/h4-5H2,1-3H3/q+1. The van der Waals surface area contributed by atoms with Gasteiger partial charge in [0.25, 0.3) is 0 Å². The molecule has 0 saturated carbocycles. The molecule has 0 aromatic heterocycles. The molecule has 6 heavy (non-hydrogen) atoms. The van der Waals surface area contributed by atoms with E-state index in [4.69, 9.17) is 0 Å². The summed E-state index contributed by atoms with van der Waals surface area (Å²) in [7, 11) is 0.399. The molecular formula is C5H13P+. The van der Waals surface area contributed by atoms with Crippen LogP contribution in [0.5, 0.6) is 0 Å². The lowest BCUT2D eigenvalue weighted by Crippen LogP contribution is -1.73. The molecule has 0 aromatic carbocycles. The zero-order valence-corrected chi connectivity index (χ0v) is 5.76. The van der Waals surface area contributed by atoms with Gasteiger partial charge in [0.1, 0.15) is 7.92 Å². The number of rotatable bonds is 2. The van der Waals surface area contributed by atoms with Crippen LogP contribution in [0.15, 0.2) is 0 Å². The summed E-state index contributed by atoms with van der Waals surface area (Å²) in [6.07, 6.45) is 2.80. The zero-order chi connectivity index (χ0) is 4.99. The predicted molar refractivity (Wildman–Crippen MR) is 33.9 cm³/mol. The maximum atomic E-state index is 2.32. The highest BCUT2D eigenvalue weighted by atomic mass is 31.1. The molecule has 0 spiro atoms. The van der Waals surface area contributed by atoms with Gasteiger partial charge in [0, 0.05) is 0 Å². The van der Waals surface area contributed by atoms with Crippen LogP contribution in [0.2, 0.25) is 0 Å². The van der Waals surface area contributed by atoms with Crippen molar-refractivity contribution in [3.63, 3.8) is 0 Å². The zero-order valence-electron chi connectivity index (χ0n) is 4.86. The van der Waals surface area contributed by atoms with Crippen molar-refractivity contribution in [2.45, 2.75) is 13.3 Å². The lowest BCUT2D eigenvalue weighted by atomic mass is 10.6.